The fourth-order valence-electron chi connectivity index (χ4n) is 3.24. The van der Waals surface area contributed by atoms with Crippen LogP contribution in [-0.2, 0) is 16.0 Å². The van der Waals surface area contributed by atoms with Crippen LogP contribution in [0.5, 0.6) is 5.75 Å². The van der Waals surface area contributed by atoms with Crippen molar-refractivity contribution >= 4 is 28.9 Å². The summed E-state index contributed by atoms with van der Waals surface area (Å²) in [6.07, 6.45) is 2.34. The number of hydrogen-bond acceptors (Lipinski definition) is 4. The van der Waals surface area contributed by atoms with E-state index >= 15 is 0 Å². The SMILES string of the molecule is CCC(=O)Nc1cc(NCC(=O)Nc2ccc(OCCCc3ccccc3)cc2)ccc1C. The Bertz CT molecular complexity index is 1050. The van der Waals surface area contributed by atoms with Gasteiger partial charge in [-0.2, -0.15) is 0 Å². The van der Waals surface area contributed by atoms with Gasteiger partial charge in [0.25, 0.3) is 0 Å². The number of amides is 2. The lowest BCUT2D eigenvalue weighted by Crippen LogP contribution is -2.21. The van der Waals surface area contributed by atoms with Gasteiger partial charge in [0, 0.05) is 23.5 Å². The van der Waals surface area contributed by atoms with Gasteiger partial charge in [-0.05, 0) is 67.3 Å². The average molecular weight is 446 g/mol. The fraction of sp³-hybridized carbons (Fsp3) is 0.259. The summed E-state index contributed by atoms with van der Waals surface area (Å²) >= 11 is 0. The Balaban J connectivity index is 1.41. The summed E-state index contributed by atoms with van der Waals surface area (Å²) in [5.41, 5.74) is 4.49. The van der Waals surface area contributed by atoms with Gasteiger partial charge in [0.15, 0.2) is 0 Å². The molecule has 0 aliphatic carbocycles. The molecule has 0 saturated heterocycles. The minimum Gasteiger partial charge on any atom is -0.494 e. The van der Waals surface area contributed by atoms with Crippen LogP contribution in [0.25, 0.3) is 0 Å². The topological polar surface area (TPSA) is 79.5 Å². The normalized spacial score (nSPS) is 10.4. The second kappa shape index (κ2) is 12.3. The number of anilines is 3. The van der Waals surface area contributed by atoms with E-state index in [9.17, 15) is 9.59 Å². The first-order chi connectivity index (χ1) is 16.0. The summed E-state index contributed by atoms with van der Waals surface area (Å²) in [7, 11) is 0. The van der Waals surface area contributed by atoms with Gasteiger partial charge in [-0.1, -0.05) is 43.3 Å². The van der Waals surface area contributed by atoms with Gasteiger partial charge in [0.2, 0.25) is 11.8 Å². The number of carbonyl (C=O) groups is 2. The molecule has 172 valence electrons. The van der Waals surface area contributed by atoms with Crippen LogP contribution < -0.4 is 20.7 Å². The highest BCUT2D eigenvalue weighted by Gasteiger charge is 2.06. The first-order valence-electron chi connectivity index (χ1n) is 11.2. The Kier molecular flexibility index (Phi) is 8.88. The van der Waals surface area contributed by atoms with E-state index in [4.69, 9.17) is 4.74 Å². The lowest BCUT2D eigenvalue weighted by atomic mass is 10.1. The van der Waals surface area contributed by atoms with Gasteiger partial charge in [-0.15, -0.1) is 0 Å². The zero-order valence-electron chi connectivity index (χ0n) is 19.2. The van der Waals surface area contributed by atoms with Crippen LogP contribution in [-0.4, -0.2) is 25.0 Å². The summed E-state index contributed by atoms with van der Waals surface area (Å²) in [5.74, 6) is 0.573. The Morgan fingerprint density at radius 2 is 1.58 bits per heavy atom. The highest BCUT2D eigenvalue weighted by molar-refractivity contribution is 5.94. The smallest absolute Gasteiger partial charge is 0.243 e. The number of ether oxygens (including phenoxy) is 1. The van der Waals surface area contributed by atoms with Crippen LogP contribution in [0.1, 0.15) is 30.9 Å². The summed E-state index contributed by atoms with van der Waals surface area (Å²) in [6.45, 7) is 4.49. The van der Waals surface area contributed by atoms with Crippen LogP contribution in [0.4, 0.5) is 17.1 Å². The summed E-state index contributed by atoms with van der Waals surface area (Å²) in [4.78, 5) is 24.0. The minimum atomic E-state index is -0.161. The van der Waals surface area contributed by atoms with Crippen molar-refractivity contribution in [2.24, 2.45) is 0 Å². The van der Waals surface area contributed by atoms with Crippen molar-refractivity contribution in [3.8, 4) is 5.75 Å². The van der Waals surface area contributed by atoms with Gasteiger partial charge in [-0.25, -0.2) is 0 Å². The molecule has 0 unspecified atom stereocenters. The van der Waals surface area contributed by atoms with Crippen molar-refractivity contribution < 1.29 is 14.3 Å². The maximum atomic E-state index is 12.3. The number of carbonyl (C=O) groups excluding carboxylic acids is 2. The number of aryl methyl sites for hydroxylation is 2. The standard InChI is InChI=1S/C27H31N3O3/c1-3-26(31)30-25-18-23(12-11-20(25)2)28-19-27(32)29-22-13-15-24(16-14-22)33-17-7-10-21-8-5-4-6-9-21/h4-6,8-9,11-16,18,28H,3,7,10,17,19H2,1-2H3,(H,29,32)(H,30,31). The van der Waals surface area contributed by atoms with E-state index in [-0.39, 0.29) is 18.4 Å². The molecule has 0 saturated carbocycles. The predicted octanol–water partition coefficient (Wildman–Crippen LogP) is 5.41. The van der Waals surface area contributed by atoms with E-state index in [1.165, 1.54) is 5.56 Å². The highest BCUT2D eigenvalue weighted by atomic mass is 16.5. The Labute approximate surface area is 195 Å². The number of nitrogens with one attached hydrogen (secondary N) is 3. The van der Waals surface area contributed by atoms with Gasteiger partial charge < -0.3 is 20.7 Å². The molecule has 2 amide bonds. The predicted molar refractivity (Wildman–Crippen MR) is 134 cm³/mol. The van der Waals surface area contributed by atoms with E-state index in [2.05, 4.69) is 28.1 Å². The van der Waals surface area contributed by atoms with Crippen molar-refractivity contribution in [3.63, 3.8) is 0 Å². The Hall–Kier alpha value is -3.80. The third-order valence-electron chi connectivity index (χ3n) is 5.15. The zero-order chi connectivity index (χ0) is 23.5. The highest BCUT2D eigenvalue weighted by Crippen LogP contribution is 2.21. The second-order valence-electron chi connectivity index (χ2n) is 7.80. The maximum Gasteiger partial charge on any atom is 0.243 e. The zero-order valence-corrected chi connectivity index (χ0v) is 19.2. The first-order valence-corrected chi connectivity index (χ1v) is 11.2. The molecule has 0 aliphatic heterocycles. The fourth-order valence-corrected chi connectivity index (χ4v) is 3.24. The van der Waals surface area contributed by atoms with Gasteiger partial charge in [-0.3, -0.25) is 9.59 Å². The van der Waals surface area contributed by atoms with E-state index < -0.39 is 0 Å². The summed E-state index contributed by atoms with van der Waals surface area (Å²) in [5, 5.41) is 8.83. The third-order valence-corrected chi connectivity index (χ3v) is 5.15. The second-order valence-corrected chi connectivity index (χ2v) is 7.80. The van der Waals surface area contributed by atoms with Crippen molar-refractivity contribution in [1.82, 2.24) is 0 Å². The molecule has 33 heavy (non-hydrogen) atoms. The molecule has 0 fully saturated rings. The minimum absolute atomic E-state index is 0.0448. The quantitative estimate of drug-likeness (QED) is 0.345. The monoisotopic (exact) mass is 445 g/mol. The summed E-state index contributed by atoms with van der Waals surface area (Å²) < 4.78 is 5.79. The Morgan fingerprint density at radius 1 is 0.848 bits per heavy atom. The van der Waals surface area contributed by atoms with E-state index in [1.54, 1.807) is 0 Å². The van der Waals surface area contributed by atoms with Crippen LogP contribution in [0.3, 0.4) is 0 Å². The molecule has 0 aliphatic rings. The molecule has 3 N–H and O–H groups in total. The lowest BCUT2D eigenvalue weighted by molar-refractivity contribution is -0.116. The third kappa shape index (κ3) is 8.00. The molecule has 0 radical (unpaired) electrons. The molecule has 3 aromatic carbocycles. The largest absolute Gasteiger partial charge is 0.494 e. The molecule has 3 aromatic rings. The van der Waals surface area contributed by atoms with E-state index in [1.807, 2.05) is 74.5 Å². The van der Waals surface area contributed by atoms with E-state index in [0.29, 0.717) is 18.7 Å². The van der Waals surface area contributed by atoms with Gasteiger partial charge >= 0.3 is 0 Å². The first kappa shape index (κ1) is 23.9. The maximum absolute atomic E-state index is 12.3. The molecule has 0 aromatic heterocycles. The van der Waals surface area contributed by atoms with Gasteiger partial charge in [0.05, 0.1) is 13.2 Å². The van der Waals surface area contributed by atoms with Crippen LogP contribution >= 0.6 is 0 Å². The average Bonchev–Trinajstić information content (AvgIpc) is 2.84. The van der Waals surface area contributed by atoms with Crippen molar-refractivity contribution in [2.75, 3.05) is 29.1 Å². The number of hydrogen-bond donors (Lipinski definition) is 3. The van der Waals surface area contributed by atoms with Crippen molar-refractivity contribution in [2.45, 2.75) is 33.1 Å². The molecule has 6 heteroatoms. The molecular formula is C27H31N3O3. The number of rotatable bonds is 11. The van der Waals surface area contributed by atoms with E-state index in [0.717, 1.165) is 35.5 Å². The molecule has 0 bridgehead atoms. The molecule has 0 heterocycles. The number of benzene rings is 3. The van der Waals surface area contributed by atoms with Crippen molar-refractivity contribution in [1.29, 1.82) is 0 Å². The Morgan fingerprint density at radius 3 is 2.30 bits per heavy atom. The molecule has 6 nitrogen and oxygen atoms in total. The van der Waals surface area contributed by atoms with Crippen LogP contribution in [0, 0.1) is 6.92 Å². The molecule has 0 spiro atoms. The molecule has 0 atom stereocenters. The van der Waals surface area contributed by atoms with Crippen LogP contribution in [0.2, 0.25) is 0 Å². The van der Waals surface area contributed by atoms with Crippen LogP contribution in [0.15, 0.2) is 72.8 Å². The van der Waals surface area contributed by atoms with Gasteiger partial charge in [0.1, 0.15) is 5.75 Å². The lowest BCUT2D eigenvalue weighted by Gasteiger charge is -2.12. The molecular weight excluding hydrogens is 414 g/mol. The summed E-state index contributed by atoms with van der Waals surface area (Å²) in [6, 6.07) is 23.3. The van der Waals surface area contributed by atoms with Crippen molar-refractivity contribution in [3.05, 3.63) is 83.9 Å². The molecule has 3 rings (SSSR count).